The Morgan fingerprint density at radius 2 is 2.05 bits per heavy atom. The number of fused-ring (bicyclic) bond motifs is 2. The van der Waals surface area contributed by atoms with E-state index in [2.05, 4.69) is 11.1 Å². The molecule has 0 atom stereocenters. The molecule has 5 nitrogen and oxygen atoms in total. The first-order valence-electron chi connectivity index (χ1n) is 6.32. The number of benzene rings is 2. The van der Waals surface area contributed by atoms with Gasteiger partial charge in [-0.15, -0.1) is 0 Å². The molecule has 0 bridgehead atoms. The summed E-state index contributed by atoms with van der Waals surface area (Å²) in [7, 11) is 0. The fourth-order valence-corrected chi connectivity index (χ4v) is 2.81. The van der Waals surface area contributed by atoms with E-state index in [1.165, 1.54) is 0 Å². The number of hydrogen-bond donors (Lipinski definition) is 1. The summed E-state index contributed by atoms with van der Waals surface area (Å²) in [5, 5.41) is 9.18. The van der Waals surface area contributed by atoms with Crippen molar-refractivity contribution in [3.8, 4) is 23.3 Å². The van der Waals surface area contributed by atoms with Crippen LogP contribution in [0.5, 0.6) is 11.5 Å². The zero-order valence-electron chi connectivity index (χ0n) is 10.8. The summed E-state index contributed by atoms with van der Waals surface area (Å²) < 4.78 is 13.1. The number of nitrogens with one attached hydrogen (secondary N) is 1. The molecule has 2 heterocycles. The Hall–Kier alpha value is -2.78. The highest BCUT2D eigenvalue weighted by Crippen LogP contribution is 2.34. The number of ether oxygens (including phenoxy) is 2. The van der Waals surface area contributed by atoms with Crippen LogP contribution in [-0.2, 0) is 0 Å². The molecule has 0 saturated heterocycles. The predicted molar refractivity (Wildman–Crippen MR) is 79.3 cm³/mol. The Kier molecular flexibility index (Phi) is 2.49. The summed E-state index contributed by atoms with van der Waals surface area (Å²) in [5.41, 5.74) is 3.03. The van der Waals surface area contributed by atoms with E-state index in [1.807, 2.05) is 34.9 Å². The second kappa shape index (κ2) is 4.36. The van der Waals surface area contributed by atoms with Crippen LogP contribution in [0.2, 0.25) is 0 Å². The van der Waals surface area contributed by atoms with Gasteiger partial charge in [0, 0.05) is 6.07 Å². The van der Waals surface area contributed by atoms with Crippen molar-refractivity contribution < 1.29 is 9.47 Å². The summed E-state index contributed by atoms with van der Waals surface area (Å²) in [5.74, 6) is 1.42. The topological polar surface area (TPSA) is 63.0 Å². The molecule has 0 saturated carbocycles. The predicted octanol–water partition coefficient (Wildman–Crippen LogP) is 3.29. The van der Waals surface area contributed by atoms with Gasteiger partial charge in [0.05, 0.1) is 22.3 Å². The third-order valence-electron chi connectivity index (χ3n) is 3.45. The maximum Gasteiger partial charge on any atom is 0.231 e. The Morgan fingerprint density at radius 1 is 1.19 bits per heavy atom. The van der Waals surface area contributed by atoms with Crippen LogP contribution >= 0.6 is 12.2 Å². The van der Waals surface area contributed by atoms with Crippen molar-refractivity contribution in [2.75, 3.05) is 6.79 Å². The van der Waals surface area contributed by atoms with E-state index < -0.39 is 0 Å². The number of aromatic amines is 1. The van der Waals surface area contributed by atoms with Crippen molar-refractivity contribution >= 4 is 23.3 Å². The SMILES string of the molecule is N#Cc1cccc2c1[nH]c(=S)n2-c1ccc2c(c1)OCO2. The van der Waals surface area contributed by atoms with Crippen molar-refractivity contribution in [3.63, 3.8) is 0 Å². The molecule has 0 unspecified atom stereocenters. The summed E-state index contributed by atoms with van der Waals surface area (Å²) >= 11 is 5.40. The fraction of sp³-hybridized carbons (Fsp3) is 0.0667. The molecule has 1 aromatic heterocycles. The summed E-state index contributed by atoms with van der Waals surface area (Å²) in [6.07, 6.45) is 0. The molecule has 0 radical (unpaired) electrons. The maximum atomic E-state index is 9.18. The zero-order valence-corrected chi connectivity index (χ0v) is 11.6. The van der Waals surface area contributed by atoms with E-state index in [1.54, 1.807) is 6.07 Å². The number of H-pyrrole nitrogens is 1. The summed E-state index contributed by atoms with van der Waals surface area (Å²) in [6.45, 7) is 0.233. The summed E-state index contributed by atoms with van der Waals surface area (Å²) in [6, 6.07) is 13.3. The van der Waals surface area contributed by atoms with E-state index in [-0.39, 0.29) is 6.79 Å². The third-order valence-corrected chi connectivity index (χ3v) is 3.74. The monoisotopic (exact) mass is 295 g/mol. The minimum atomic E-state index is 0.233. The fourth-order valence-electron chi connectivity index (χ4n) is 2.50. The van der Waals surface area contributed by atoms with Crippen LogP contribution in [0, 0.1) is 16.1 Å². The number of para-hydroxylation sites is 1. The third kappa shape index (κ3) is 1.72. The molecular weight excluding hydrogens is 286 g/mol. The van der Waals surface area contributed by atoms with Gasteiger partial charge < -0.3 is 14.5 Å². The van der Waals surface area contributed by atoms with Gasteiger partial charge >= 0.3 is 0 Å². The molecule has 1 aliphatic heterocycles. The first kappa shape index (κ1) is 12.0. The van der Waals surface area contributed by atoms with Crippen LogP contribution in [0.4, 0.5) is 0 Å². The minimum absolute atomic E-state index is 0.233. The highest BCUT2D eigenvalue weighted by molar-refractivity contribution is 7.71. The second-order valence-electron chi connectivity index (χ2n) is 4.61. The van der Waals surface area contributed by atoms with E-state index in [0.29, 0.717) is 16.1 Å². The molecule has 21 heavy (non-hydrogen) atoms. The number of nitriles is 1. The molecule has 1 N–H and O–H groups in total. The largest absolute Gasteiger partial charge is 0.454 e. The van der Waals surface area contributed by atoms with Gasteiger partial charge in [-0.3, -0.25) is 4.57 Å². The Morgan fingerprint density at radius 3 is 2.90 bits per heavy atom. The van der Waals surface area contributed by atoms with Gasteiger partial charge in [0.15, 0.2) is 16.3 Å². The zero-order chi connectivity index (χ0) is 14.4. The molecule has 2 aromatic carbocycles. The first-order valence-corrected chi connectivity index (χ1v) is 6.72. The molecule has 0 aliphatic carbocycles. The quantitative estimate of drug-likeness (QED) is 0.700. The molecule has 6 heteroatoms. The first-order chi connectivity index (χ1) is 10.3. The number of imidazole rings is 1. The lowest BCUT2D eigenvalue weighted by Crippen LogP contribution is -1.94. The van der Waals surface area contributed by atoms with Crippen LogP contribution in [-0.4, -0.2) is 16.3 Å². The molecule has 4 rings (SSSR count). The van der Waals surface area contributed by atoms with Gasteiger partial charge in [0.1, 0.15) is 6.07 Å². The van der Waals surface area contributed by atoms with Gasteiger partial charge in [-0.2, -0.15) is 5.26 Å². The molecular formula is C15H9N3O2S. The Balaban J connectivity index is 2.01. The van der Waals surface area contributed by atoms with Gasteiger partial charge in [0.25, 0.3) is 0 Å². The van der Waals surface area contributed by atoms with E-state index in [9.17, 15) is 5.26 Å². The van der Waals surface area contributed by atoms with Crippen LogP contribution in [0.25, 0.3) is 16.7 Å². The van der Waals surface area contributed by atoms with Gasteiger partial charge in [0.2, 0.25) is 6.79 Å². The number of hydrogen-bond acceptors (Lipinski definition) is 4. The normalized spacial score (nSPS) is 12.5. The van der Waals surface area contributed by atoms with Gasteiger partial charge in [-0.25, -0.2) is 0 Å². The maximum absolute atomic E-state index is 9.18. The Labute approximate surface area is 125 Å². The average molecular weight is 295 g/mol. The van der Waals surface area contributed by atoms with E-state index >= 15 is 0 Å². The number of rotatable bonds is 1. The lowest BCUT2D eigenvalue weighted by Gasteiger charge is -2.06. The molecule has 102 valence electrons. The minimum Gasteiger partial charge on any atom is -0.454 e. The second-order valence-corrected chi connectivity index (χ2v) is 5.00. The van der Waals surface area contributed by atoms with Gasteiger partial charge in [-0.1, -0.05) is 6.07 Å². The van der Waals surface area contributed by atoms with E-state index in [0.717, 1.165) is 22.5 Å². The molecule has 0 amide bonds. The molecule has 3 aromatic rings. The van der Waals surface area contributed by atoms with Gasteiger partial charge in [-0.05, 0) is 36.5 Å². The van der Waals surface area contributed by atoms with Crippen LogP contribution in [0.15, 0.2) is 36.4 Å². The van der Waals surface area contributed by atoms with Crippen molar-refractivity contribution in [2.45, 2.75) is 0 Å². The van der Waals surface area contributed by atoms with Crippen molar-refractivity contribution in [1.82, 2.24) is 9.55 Å². The van der Waals surface area contributed by atoms with Crippen molar-refractivity contribution in [3.05, 3.63) is 46.7 Å². The Bertz CT molecular complexity index is 965. The average Bonchev–Trinajstić information content (AvgIpc) is 3.08. The smallest absolute Gasteiger partial charge is 0.231 e. The lowest BCUT2D eigenvalue weighted by molar-refractivity contribution is 0.174. The molecule has 1 aliphatic rings. The highest BCUT2D eigenvalue weighted by atomic mass is 32.1. The lowest BCUT2D eigenvalue weighted by atomic mass is 10.2. The number of nitrogens with zero attached hydrogens (tertiary/aromatic N) is 2. The van der Waals surface area contributed by atoms with E-state index in [4.69, 9.17) is 21.7 Å². The highest BCUT2D eigenvalue weighted by Gasteiger charge is 2.16. The number of aromatic nitrogens is 2. The summed E-state index contributed by atoms with van der Waals surface area (Å²) in [4.78, 5) is 3.10. The standard InChI is InChI=1S/C15H9N3O2S/c16-7-9-2-1-3-11-14(9)17-15(21)18(11)10-4-5-12-13(6-10)20-8-19-12/h1-6H,8H2,(H,17,21). The molecule has 0 fully saturated rings. The van der Waals surface area contributed by atoms with Crippen molar-refractivity contribution in [2.24, 2.45) is 0 Å². The van der Waals surface area contributed by atoms with Crippen LogP contribution in [0.3, 0.4) is 0 Å². The van der Waals surface area contributed by atoms with Crippen LogP contribution < -0.4 is 9.47 Å². The van der Waals surface area contributed by atoms with Crippen molar-refractivity contribution in [1.29, 1.82) is 5.26 Å². The van der Waals surface area contributed by atoms with Crippen LogP contribution in [0.1, 0.15) is 5.56 Å². The molecule has 0 spiro atoms.